The van der Waals surface area contributed by atoms with Crippen LogP contribution in [0.15, 0.2) is 24.3 Å². The van der Waals surface area contributed by atoms with Gasteiger partial charge in [0, 0.05) is 17.5 Å². The molecule has 0 saturated heterocycles. The number of carbonyl (C=O) groups is 1. The summed E-state index contributed by atoms with van der Waals surface area (Å²) in [5.41, 5.74) is 6.90. The van der Waals surface area contributed by atoms with Crippen LogP contribution in [-0.2, 0) is 0 Å². The maximum atomic E-state index is 12.5. The van der Waals surface area contributed by atoms with Crippen molar-refractivity contribution >= 4 is 5.78 Å². The van der Waals surface area contributed by atoms with Gasteiger partial charge in [0.1, 0.15) is 5.75 Å². The minimum Gasteiger partial charge on any atom is -0.494 e. The van der Waals surface area contributed by atoms with Crippen LogP contribution in [-0.4, -0.2) is 18.4 Å². The summed E-state index contributed by atoms with van der Waals surface area (Å²) in [7, 11) is 0. The number of hydrogen-bond acceptors (Lipinski definition) is 3. The summed E-state index contributed by atoms with van der Waals surface area (Å²) >= 11 is 0. The summed E-state index contributed by atoms with van der Waals surface area (Å²) in [6.07, 6.45) is 5.34. The van der Waals surface area contributed by atoms with Gasteiger partial charge in [0.15, 0.2) is 5.78 Å². The molecule has 0 spiro atoms. The quantitative estimate of drug-likeness (QED) is 0.669. The van der Waals surface area contributed by atoms with E-state index < -0.39 is 0 Å². The van der Waals surface area contributed by atoms with Crippen molar-refractivity contribution in [2.24, 2.45) is 11.7 Å². The first-order valence-corrected chi connectivity index (χ1v) is 7.25. The molecule has 2 atom stereocenters. The summed E-state index contributed by atoms with van der Waals surface area (Å²) in [5, 5.41) is 0. The topological polar surface area (TPSA) is 52.3 Å². The maximum Gasteiger partial charge on any atom is 0.167 e. The number of rotatable bonds is 4. The van der Waals surface area contributed by atoms with Crippen LogP contribution >= 0.6 is 0 Å². The van der Waals surface area contributed by atoms with Crippen molar-refractivity contribution in [3.63, 3.8) is 0 Å². The summed E-state index contributed by atoms with van der Waals surface area (Å²) in [6, 6.07) is 7.44. The lowest BCUT2D eigenvalue weighted by Crippen LogP contribution is -2.34. The van der Waals surface area contributed by atoms with E-state index >= 15 is 0 Å². The average Bonchev–Trinajstić information content (AvgIpc) is 2.64. The van der Waals surface area contributed by atoms with Crippen LogP contribution in [0.25, 0.3) is 0 Å². The molecule has 1 aliphatic carbocycles. The van der Waals surface area contributed by atoms with Crippen molar-refractivity contribution in [3.05, 3.63) is 29.8 Å². The van der Waals surface area contributed by atoms with Gasteiger partial charge in [-0.25, -0.2) is 0 Å². The van der Waals surface area contributed by atoms with E-state index in [-0.39, 0.29) is 17.7 Å². The van der Waals surface area contributed by atoms with Crippen molar-refractivity contribution < 1.29 is 9.53 Å². The van der Waals surface area contributed by atoms with Crippen LogP contribution in [0.5, 0.6) is 5.75 Å². The third-order valence-electron chi connectivity index (χ3n) is 3.86. The molecule has 19 heavy (non-hydrogen) atoms. The molecule has 1 aromatic carbocycles. The smallest absolute Gasteiger partial charge is 0.167 e. The van der Waals surface area contributed by atoms with Gasteiger partial charge in [-0.2, -0.15) is 0 Å². The van der Waals surface area contributed by atoms with Crippen LogP contribution in [0, 0.1) is 5.92 Å². The SMILES string of the molecule is CCOc1ccc(C(=O)C2CCCCCC2N)cc1. The molecule has 0 aromatic heterocycles. The number of ketones is 1. The second-order valence-electron chi connectivity index (χ2n) is 5.23. The predicted octanol–water partition coefficient (Wildman–Crippen LogP) is 3.18. The van der Waals surface area contributed by atoms with Gasteiger partial charge in [0.05, 0.1) is 6.61 Å². The van der Waals surface area contributed by atoms with E-state index in [1.54, 1.807) is 0 Å². The number of benzene rings is 1. The van der Waals surface area contributed by atoms with Gasteiger partial charge < -0.3 is 10.5 Å². The Morgan fingerprint density at radius 3 is 2.58 bits per heavy atom. The molecule has 1 fully saturated rings. The third kappa shape index (κ3) is 3.57. The molecule has 0 radical (unpaired) electrons. The molecule has 104 valence electrons. The first-order valence-electron chi connectivity index (χ1n) is 7.25. The second-order valence-corrected chi connectivity index (χ2v) is 5.23. The zero-order valence-corrected chi connectivity index (χ0v) is 11.6. The van der Waals surface area contributed by atoms with Gasteiger partial charge in [-0.3, -0.25) is 4.79 Å². The molecule has 2 N–H and O–H groups in total. The van der Waals surface area contributed by atoms with Gasteiger partial charge in [0.2, 0.25) is 0 Å². The molecule has 0 heterocycles. The zero-order chi connectivity index (χ0) is 13.7. The predicted molar refractivity (Wildman–Crippen MR) is 76.5 cm³/mol. The fourth-order valence-electron chi connectivity index (χ4n) is 2.76. The minimum absolute atomic E-state index is 0.0135. The third-order valence-corrected chi connectivity index (χ3v) is 3.86. The standard InChI is InChI=1S/C16H23NO2/c1-2-19-13-10-8-12(9-11-13)16(18)14-6-4-3-5-7-15(14)17/h8-11,14-15H,2-7,17H2,1H3. The highest BCUT2D eigenvalue weighted by Crippen LogP contribution is 2.26. The normalized spacial score (nSPS) is 23.7. The molecule has 1 saturated carbocycles. The van der Waals surface area contributed by atoms with E-state index in [4.69, 9.17) is 10.5 Å². The second kappa shape index (κ2) is 6.71. The summed E-state index contributed by atoms with van der Waals surface area (Å²) in [5.74, 6) is 0.988. The van der Waals surface area contributed by atoms with E-state index in [2.05, 4.69) is 0 Å². The van der Waals surface area contributed by atoms with Crippen LogP contribution in [0.4, 0.5) is 0 Å². The zero-order valence-electron chi connectivity index (χ0n) is 11.6. The van der Waals surface area contributed by atoms with Crippen molar-refractivity contribution in [1.29, 1.82) is 0 Å². The van der Waals surface area contributed by atoms with Gasteiger partial charge in [-0.05, 0) is 44.0 Å². The number of Topliss-reactive ketones (excluding diaryl/α,β-unsaturated/α-hetero) is 1. The van der Waals surface area contributed by atoms with E-state index in [0.29, 0.717) is 6.61 Å². The Bertz CT molecular complexity index is 413. The summed E-state index contributed by atoms with van der Waals surface area (Å²) in [6.45, 7) is 2.59. The first kappa shape index (κ1) is 14.1. The van der Waals surface area contributed by atoms with Crippen LogP contribution < -0.4 is 10.5 Å². The molecule has 0 amide bonds. The summed E-state index contributed by atoms with van der Waals surface area (Å²) in [4.78, 5) is 12.5. The van der Waals surface area contributed by atoms with Crippen LogP contribution in [0.1, 0.15) is 49.4 Å². The van der Waals surface area contributed by atoms with Crippen molar-refractivity contribution in [2.75, 3.05) is 6.61 Å². The molecule has 2 unspecified atom stereocenters. The molecular weight excluding hydrogens is 238 g/mol. The van der Waals surface area contributed by atoms with Crippen molar-refractivity contribution in [2.45, 2.75) is 45.1 Å². The average molecular weight is 261 g/mol. The first-order chi connectivity index (χ1) is 9.22. The van der Waals surface area contributed by atoms with Crippen molar-refractivity contribution in [1.82, 2.24) is 0 Å². The lowest BCUT2D eigenvalue weighted by molar-refractivity contribution is 0.0894. The largest absolute Gasteiger partial charge is 0.494 e. The lowest BCUT2D eigenvalue weighted by Gasteiger charge is -2.20. The van der Waals surface area contributed by atoms with Gasteiger partial charge in [-0.15, -0.1) is 0 Å². The molecule has 2 rings (SSSR count). The van der Waals surface area contributed by atoms with E-state index in [0.717, 1.165) is 37.0 Å². The Balaban J connectivity index is 2.09. The minimum atomic E-state index is -0.0135. The molecule has 0 bridgehead atoms. The van der Waals surface area contributed by atoms with E-state index in [9.17, 15) is 4.79 Å². The Morgan fingerprint density at radius 2 is 1.89 bits per heavy atom. The molecule has 1 aromatic rings. The van der Waals surface area contributed by atoms with Crippen LogP contribution in [0.3, 0.4) is 0 Å². The monoisotopic (exact) mass is 261 g/mol. The Kier molecular flexibility index (Phi) is 4.97. The molecule has 0 aliphatic heterocycles. The van der Waals surface area contributed by atoms with E-state index in [1.807, 2.05) is 31.2 Å². The number of ether oxygens (including phenoxy) is 1. The highest BCUT2D eigenvalue weighted by Gasteiger charge is 2.27. The fraction of sp³-hybridized carbons (Fsp3) is 0.562. The Hall–Kier alpha value is -1.35. The Labute approximate surface area is 115 Å². The van der Waals surface area contributed by atoms with E-state index in [1.165, 1.54) is 6.42 Å². The Morgan fingerprint density at radius 1 is 1.21 bits per heavy atom. The molecule has 3 heteroatoms. The van der Waals surface area contributed by atoms with Crippen molar-refractivity contribution in [3.8, 4) is 5.75 Å². The van der Waals surface area contributed by atoms with Gasteiger partial charge >= 0.3 is 0 Å². The number of carbonyl (C=O) groups excluding carboxylic acids is 1. The van der Waals surface area contributed by atoms with Gasteiger partial charge in [0.25, 0.3) is 0 Å². The summed E-state index contributed by atoms with van der Waals surface area (Å²) < 4.78 is 5.39. The maximum absolute atomic E-state index is 12.5. The lowest BCUT2D eigenvalue weighted by atomic mass is 9.87. The van der Waals surface area contributed by atoms with Crippen LogP contribution in [0.2, 0.25) is 0 Å². The highest BCUT2D eigenvalue weighted by atomic mass is 16.5. The molecule has 3 nitrogen and oxygen atoms in total. The number of nitrogens with two attached hydrogens (primary N) is 1. The molecule has 1 aliphatic rings. The molecular formula is C16H23NO2. The fourth-order valence-corrected chi connectivity index (χ4v) is 2.76. The number of hydrogen-bond donors (Lipinski definition) is 1. The highest BCUT2D eigenvalue weighted by molar-refractivity contribution is 5.98. The van der Waals surface area contributed by atoms with Gasteiger partial charge in [-0.1, -0.05) is 19.3 Å².